The SMILES string of the molecule is C=C1C=C[C@@]2(C)C=C[C@]3(C)[C@@H](C=C(OC(C)=O)[C@H]4[C@]5(C)CC=CC(C)(C)[C@H]5C=C[C@]43C)[C@@H]2[C@@H]1C. The minimum absolute atomic E-state index is 0.0344. The van der Waals surface area contributed by atoms with Crippen LogP contribution in [0.1, 0.15) is 61.8 Å². The number of allylic oxidation sites excluding steroid dienone is 11. The average molecular weight is 459 g/mol. The van der Waals surface area contributed by atoms with Crippen molar-refractivity contribution >= 4 is 5.97 Å². The third-order valence-electron chi connectivity index (χ3n) is 10.9. The smallest absolute Gasteiger partial charge is 0.307 e. The van der Waals surface area contributed by atoms with E-state index in [1.54, 1.807) is 6.92 Å². The maximum atomic E-state index is 12.5. The molecule has 0 fully saturated rings. The maximum Gasteiger partial charge on any atom is 0.307 e. The van der Waals surface area contributed by atoms with Crippen LogP contribution >= 0.6 is 0 Å². The van der Waals surface area contributed by atoms with E-state index >= 15 is 0 Å². The molecule has 0 aromatic heterocycles. The summed E-state index contributed by atoms with van der Waals surface area (Å²) < 4.78 is 6.18. The van der Waals surface area contributed by atoms with Crippen LogP contribution in [0.4, 0.5) is 0 Å². The van der Waals surface area contributed by atoms with Crippen molar-refractivity contribution < 1.29 is 9.53 Å². The predicted octanol–water partition coefficient (Wildman–Crippen LogP) is 7.82. The Hall–Kier alpha value is -2.09. The number of hydrogen-bond acceptors (Lipinski definition) is 2. The Morgan fingerprint density at radius 1 is 1.00 bits per heavy atom. The fourth-order valence-electron chi connectivity index (χ4n) is 9.02. The number of fused-ring (bicyclic) bond motifs is 7. The molecule has 2 heteroatoms. The van der Waals surface area contributed by atoms with E-state index in [0.717, 1.165) is 12.2 Å². The lowest BCUT2D eigenvalue weighted by Crippen LogP contribution is -2.62. The fourth-order valence-corrected chi connectivity index (χ4v) is 9.02. The Morgan fingerprint density at radius 2 is 1.71 bits per heavy atom. The molecule has 0 radical (unpaired) electrons. The average Bonchev–Trinajstić information content (AvgIpc) is 2.71. The predicted molar refractivity (Wildman–Crippen MR) is 139 cm³/mol. The first-order valence-electron chi connectivity index (χ1n) is 13.1. The second-order valence-corrected chi connectivity index (χ2v) is 13.4. The molecule has 0 saturated carbocycles. The standard InChI is InChI=1S/C32H42O2/c1-20-11-15-29(6)17-18-31(8)23(26(29)21(20)2)19-24(34-22(3)33)27-30(7)14-10-13-28(4,5)25(30)12-16-32(27,31)9/h10-13,15-19,21,23,25-27H,1,14H2,2-9H3/t21-,23+,25-,26+,27+,29+,30-,31-,32-/m1/s1. The molecule has 5 aliphatic carbocycles. The molecule has 182 valence electrons. The summed E-state index contributed by atoms with van der Waals surface area (Å²) in [7, 11) is 0. The summed E-state index contributed by atoms with van der Waals surface area (Å²) >= 11 is 0. The minimum atomic E-state index is -0.215. The monoisotopic (exact) mass is 458 g/mol. The summed E-state index contributed by atoms with van der Waals surface area (Å²) in [5, 5.41) is 0. The molecule has 5 rings (SSSR count). The highest BCUT2D eigenvalue weighted by Gasteiger charge is 2.67. The summed E-state index contributed by atoms with van der Waals surface area (Å²) in [4.78, 5) is 12.5. The molecule has 0 bridgehead atoms. The van der Waals surface area contributed by atoms with Gasteiger partial charge in [-0.1, -0.05) is 109 Å². The fraction of sp³-hybridized carbons (Fsp3) is 0.594. The molecule has 0 spiro atoms. The quantitative estimate of drug-likeness (QED) is 0.296. The molecule has 34 heavy (non-hydrogen) atoms. The van der Waals surface area contributed by atoms with Crippen LogP contribution in [0.25, 0.3) is 0 Å². The number of esters is 1. The maximum absolute atomic E-state index is 12.5. The highest BCUT2D eigenvalue weighted by atomic mass is 16.5. The van der Waals surface area contributed by atoms with Gasteiger partial charge in [-0.15, -0.1) is 0 Å². The van der Waals surface area contributed by atoms with Crippen LogP contribution in [0.3, 0.4) is 0 Å². The van der Waals surface area contributed by atoms with Crippen LogP contribution in [0.15, 0.2) is 72.6 Å². The van der Waals surface area contributed by atoms with Crippen LogP contribution < -0.4 is 0 Å². The van der Waals surface area contributed by atoms with E-state index in [1.165, 1.54) is 5.57 Å². The number of ether oxygens (including phenoxy) is 1. The van der Waals surface area contributed by atoms with Crippen molar-refractivity contribution in [3.05, 3.63) is 72.6 Å². The molecule has 5 aliphatic rings. The first kappa shape index (κ1) is 23.6. The molecule has 9 atom stereocenters. The van der Waals surface area contributed by atoms with Crippen LogP contribution in [0.5, 0.6) is 0 Å². The summed E-state index contributed by atoms with van der Waals surface area (Å²) in [5.41, 5.74) is 0.912. The summed E-state index contributed by atoms with van der Waals surface area (Å²) in [6, 6.07) is 0. The highest BCUT2D eigenvalue weighted by molar-refractivity contribution is 5.67. The summed E-state index contributed by atoms with van der Waals surface area (Å²) in [5.74, 6) is 2.15. The second kappa shape index (κ2) is 6.99. The van der Waals surface area contributed by atoms with E-state index < -0.39 is 0 Å². The van der Waals surface area contributed by atoms with Gasteiger partial charge in [-0.05, 0) is 47.0 Å². The van der Waals surface area contributed by atoms with Gasteiger partial charge in [-0.25, -0.2) is 0 Å². The Balaban J connectivity index is 1.77. The van der Waals surface area contributed by atoms with Crippen molar-refractivity contribution in [3.63, 3.8) is 0 Å². The minimum Gasteiger partial charge on any atom is -0.431 e. The Labute approximate surface area is 206 Å². The molecule has 2 nitrogen and oxygen atoms in total. The first-order valence-corrected chi connectivity index (χ1v) is 13.1. The summed E-state index contributed by atoms with van der Waals surface area (Å²) in [6.07, 6.45) is 22.6. The van der Waals surface area contributed by atoms with Gasteiger partial charge in [-0.2, -0.15) is 0 Å². The zero-order valence-electron chi connectivity index (χ0n) is 22.3. The Kier molecular flexibility index (Phi) is 4.86. The van der Waals surface area contributed by atoms with Gasteiger partial charge in [0, 0.05) is 29.1 Å². The lowest BCUT2D eigenvalue weighted by atomic mass is 9.36. The van der Waals surface area contributed by atoms with Gasteiger partial charge < -0.3 is 4.74 Å². The zero-order valence-corrected chi connectivity index (χ0v) is 22.3. The molecule has 0 aromatic rings. The molecular weight excluding hydrogens is 416 g/mol. The zero-order chi connectivity index (χ0) is 24.9. The van der Waals surface area contributed by atoms with E-state index in [4.69, 9.17) is 4.74 Å². The van der Waals surface area contributed by atoms with E-state index in [9.17, 15) is 4.79 Å². The van der Waals surface area contributed by atoms with Gasteiger partial charge in [0.2, 0.25) is 0 Å². The third kappa shape index (κ3) is 2.83. The third-order valence-corrected chi connectivity index (χ3v) is 10.9. The number of carbonyl (C=O) groups excluding carboxylic acids is 1. The van der Waals surface area contributed by atoms with Crippen LogP contribution in [0, 0.1) is 56.7 Å². The van der Waals surface area contributed by atoms with Crippen molar-refractivity contribution in [1.29, 1.82) is 0 Å². The molecule has 0 aliphatic heterocycles. The van der Waals surface area contributed by atoms with Crippen LogP contribution in [-0.4, -0.2) is 5.97 Å². The highest BCUT2D eigenvalue weighted by Crippen LogP contribution is 2.72. The van der Waals surface area contributed by atoms with E-state index in [2.05, 4.69) is 110 Å². The Bertz CT molecular complexity index is 1100. The molecule has 0 aromatic carbocycles. The van der Waals surface area contributed by atoms with Crippen molar-refractivity contribution in [3.8, 4) is 0 Å². The van der Waals surface area contributed by atoms with E-state index in [1.807, 2.05) is 0 Å². The molecule has 0 amide bonds. The lowest BCUT2D eigenvalue weighted by molar-refractivity contribution is -0.147. The van der Waals surface area contributed by atoms with Crippen LogP contribution in [0.2, 0.25) is 0 Å². The van der Waals surface area contributed by atoms with Gasteiger partial charge in [0.1, 0.15) is 5.76 Å². The van der Waals surface area contributed by atoms with Gasteiger partial charge >= 0.3 is 5.97 Å². The van der Waals surface area contributed by atoms with E-state index in [0.29, 0.717) is 17.8 Å². The molecule has 0 saturated heterocycles. The van der Waals surface area contributed by atoms with Gasteiger partial charge in [-0.3, -0.25) is 4.79 Å². The molecule has 0 N–H and O–H groups in total. The van der Waals surface area contributed by atoms with Crippen molar-refractivity contribution in [2.24, 2.45) is 56.7 Å². The molecule has 0 heterocycles. The van der Waals surface area contributed by atoms with Crippen molar-refractivity contribution in [2.45, 2.75) is 61.8 Å². The van der Waals surface area contributed by atoms with Crippen molar-refractivity contribution in [2.75, 3.05) is 0 Å². The summed E-state index contributed by atoms with van der Waals surface area (Å²) in [6.45, 7) is 22.6. The molecular formula is C32H42O2. The first-order chi connectivity index (χ1) is 15.7. The normalized spacial score (nSPS) is 49.9. The van der Waals surface area contributed by atoms with Gasteiger partial charge in [0.25, 0.3) is 0 Å². The number of hydrogen-bond donors (Lipinski definition) is 0. The lowest BCUT2D eigenvalue weighted by Gasteiger charge is -2.67. The second-order valence-electron chi connectivity index (χ2n) is 13.4. The van der Waals surface area contributed by atoms with E-state index in [-0.39, 0.29) is 44.9 Å². The topological polar surface area (TPSA) is 26.3 Å². The number of carbonyl (C=O) groups is 1. The van der Waals surface area contributed by atoms with Gasteiger partial charge in [0.05, 0.1) is 0 Å². The Morgan fingerprint density at radius 3 is 2.38 bits per heavy atom. The van der Waals surface area contributed by atoms with Crippen LogP contribution in [-0.2, 0) is 9.53 Å². The molecule has 0 unspecified atom stereocenters. The largest absolute Gasteiger partial charge is 0.431 e. The van der Waals surface area contributed by atoms with Crippen molar-refractivity contribution in [1.82, 2.24) is 0 Å². The number of rotatable bonds is 1. The van der Waals surface area contributed by atoms with Gasteiger partial charge in [0.15, 0.2) is 0 Å².